The van der Waals surface area contributed by atoms with E-state index in [2.05, 4.69) is 10.6 Å². The lowest BCUT2D eigenvalue weighted by atomic mass is 10.1. The first-order chi connectivity index (χ1) is 14.6. The molecule has 2 amide bonds. The summed E-state index contributed by atoms with van der Waals surface area (Å²) in [6.45, 7) is 2.76. The quantitative estimate of drug-likeness (QED) is 0.590. The van der Waals surface area contributed by atoms with E-state index < -0.39 is 0 Å². The summed E-state index contributed by atoms with van der Waals surface area (Å²) >= 11 is 0. The van der Waals surface area contributed by atoms with Gasteiger partial charge in [-0.05, 0) is 49.4 Å². The van der Waals surface area contributed by atoms with Crippen molar-refractivity contribution in [1.82, 2.24) is 5.32 Å². The van der Waals surface area contributed by atoms with Crippen LogP contribution < -0.4 is 15.5 Å². The summed E-state index contributed by atoms with van der Waals surface area (Å²) in [4.78, 5) is 26.5. The predicted octanol–water partition coefficient (Wildman–Crippen LogP) is 4.22. The van der Waals surface area contributed by atoms with Crippen LogP contribution in [-0.2, 0) is 11.3 Å². The van der Waals surface area contributed by atoms with Gasteiger partial charge < -0.3 is 15.5 Å². The second kappa shape index (κ2) is 10.2. The van der Waals surface area contributed by atoms with E-state index in [0.29, 0.717) is 17.7 Å². The van der Waals surface area contributed by atoms with Crippen molar-refractivity contribution in [2.45, 2.75) is 13.5 Å². The minimum Gasteiger partial charge on any atom is -0.376 e. The van der Waals surface area contributed by atoms with Crippen molar-refractivity contribution in [3.8, 4) is 0 Å². The molecule has 0 aromatic heterocycles. The summed E-state index contributed by atoms with van der Waals surface area (Å²) in [6, 6.07) is 22.6. The van der Waals surface area contributed by atoms with Gasteiger partial charge in [-0.25, -0.2) is 4.39 Å². The third-order valence-corrected chi connectivity index (χ3v) is 4.67. The highest BCUT2D eigenvalue weighted by Gasteiger charge is 2.13. The number of carbonyl (C=O) groups is 2. The van der Waals surface area contributed by atoms with Gasteiger partial charge in [0.15, 0.2) is 0 Å². The van der Waals surface area contributed by atoms with Crippen LogP contribution in [-0.4, -0.2) is 24.9 Å². The number of rotatable bonds is 8. The lowest BCUT2D eigenvalue weighted by molar-refractivity contribution is -0.116. The van der Waals surface area contributed by atoms with Gasteiger partial charge >= 0.3 is 0 Å². The molecular formula is C24H24FN3O2. The molecule has 0 atom stereocenters. The molecule has 0 aliphatic rings. The van der Waals surface area contributed by atoms with Gasteiger partial charge in [0.1, 0.15) is 5.82 Å². The first-order valence-electron chi connectivity index (χ1n) is 9.79. The maximum absolute atomic E-state index is 13.6. The van der Waals surface area contributed by atoms with Crippen LogP contribution in [0.15, 0.2) is 78.9 Å². The lowest BCUT2D eigenvalue weighted by Gasteiger charge is -2.21. The molecule has 154 valence electrons. The average Bonchev–Trinajstić information content (AvgIpc) is 2.78. The van der Waals surface area contributed by atoms with E-state index in [0.717, 1.165) is 11.4 Å². The van der Waals surface area contributed by atoms with Crippen molar-refractivity contribution < 1.29 is 14.0 Å². The molecule has 0 fully saturated rings. The fraction of sp³-hybridized carbons (Fsp3) is 0.167. The Morgan fingerprint density at radius 1 is 0.900 bits per heavy atom. The number of carbonyl (C=O) groups excluding carboxylic acids is 2. The van der Waals surface area contributed by atoms with Gasteiger partial charge in [0.2, 0.25) is 5.91 Å². The topological polar surface area (TPSA) is 61.4 Å². The zero-order valence-corrected chi connectivity index (χ0v) is 16.8. The van der Waals surface area contributed by atoms with Crippen LogP contribution in [0.5, 0.6) is 0 Å². The molecule has 0 bridgehead atoms. The number of hydrogen-bond donors (Lipinski definition) is 2. The van der Waals surface area contributed by atoms with Gasteiger partial charge in [0.05, 0.1) is 6.54 Å². The van der Waals surface area contributed by atoms with Crippen molar-refractivity contribution in [2.24, 2.45) is 0 Å². The number of nitrogens with one attached hydrogen (secondary N) is 2. The Hall–Kier alpha value is -3.67. The minimum atomic E-state index is -0.348. The Kier molecular flexibility index (Phi) is 7.16. The summed E-state index contributed by atoms with van der Waals surface area (Å²) in [7, 11) is 0. The molecule has 5 nitrogen and oxygen atoms in total. The molecule has 3 rings (SSSR count). The summed E-state index contributed by atoms with van der Waals surface area (Å²) in [5, 5.41) is 5.79. The van der Waals surface area contributed by atoms with Crippen LogP contribution in [0.2, 0.25) is 0 Å². The van der Waals surface area contributed by atoms with Crippen molar-refractivity contribution >= 4 is 23.2 Å². The third-order valence-electron chi connectivity index (χ3n) is 4.67. The van der Waals surface area contributed by atoms with Crippen LogP contribution in [0.1, 0.15) is 22.8 Å². The second-order valence-corrected chi connectivity index (χ2v) is 6.68. The molecule has 0 spiro atoms. The van der Waals surface area contributed by atoms with Crippen LogP contribution in [0.4, 0.5) is 15.8 Å². The standard InChI is InChI=1S/C24H24FN3O2/c1-2-28(21-9-4-3-5-10-21)23(29)17-26-20-14-12-18(13-15-20)24(30)27-16-19-8-6-7-11-22(19)25/h3-15,26H,2,16-17H2,1H3,(H,27,30). The van der Waals surface area contributed by atoms with E-state index in [9.17, 15) is 14.0 Å². The van der Waals surface area contributed by atoms with Crippen LogP contribution >= 0.6 is 0 Å². The highest BCUT2D eigenvalue weighted by Crippen LogP contribution is 2.14. The first-order valence-corrected chi connectivity index (χ1v) is 9.79. The van der Waals surface area contributed by atoms with Gasteiger partial charge in [-0.15, -0.1) is 0 Å². The molecule has 30 heavy (non-hydrogen) atoms. The van der Waals surface area contributed by atoms with Crippen molar-refractivity contribution in [1.29, 1.82) is 0 Å². The molecule has 3 aromatic rings. The van der Waals surface area contributed by atoms with E-state index in [1.165, 1.54) is 6.07 Å². The molecule has 0 heterocycles. The normalized spacial score (nSPS) is 10.3. The van der Waals surface area contributed by atoms with Gasteiger partial charge in [-0.3, -0.25) is 9.59 Å². The molecule has 0 aliphatic heterocycles. The molecule has 0 unspecified atom stereocenters. The highest BCUT2D eigenvalue weighted by molar-refractivity contribution is 5.96. The Labute approximate surface area is 175 Å². The van der Waals surface area contributed by atoms with E-state index in [4.69, 9.17) is 0 Å². The predicted molar refractivity (Wildman–Crippen MR) is 117 cm³/mol. The van der Waals surface area contributed by atoms with E-state index in [-0.39, 0.29) is 30.7 Å². The molecule has 0 saturated heterocycles. The molecule has 6 heteroatoms. The number of para-hydroxylation sites is 1. The molecule has 0 radical (unpaired) electrons. The fourth-order valence-corrected chi connectivity index (χ4v) is 3.04. The Bertz CT molecular complexity index is 991. The second-order valence-electron chi connectivity index (χ2n) is 6.68. The van der Waals surface area contributed by atoms with Crippen molar-refractivity contribution in [3.63, 3.8) is 0 Å². The number of benzene rings is 3. The zero-order valence-electron chi connectivity index (χ0n) is 16.8. The number of halogens is 1. The Balaban J connectivity index is 1.53. The number of anilines is 2. The Morgan fingerprint density at radius 3 is 2.23 bits per heavy atom. The van der Waals surface area contributed by atoms with E-state index in [1.807, 2.05) is 37.3 Å². The molecule has 0 aliphatic carbocycles. The van der Waals surface area contributed by atoms with Gasteiger partial charge in [-0.2, -0.15) is 0 Å². The zero-order chi connectivity index (χ0) is 21.3. The summed E-state index contributed by atoms with van der Waals surface area (Å²) in [6.07, 6.45) is 0. The number of hydrogen-bond acceptors (Lipinski definition) is 3. The molecular weight excluding hydrogens is 381 g/mol. The lowest BCUT2D eigenvalue weighted by Crippen LogP contribution is -2.35. The Morgan fingerprint density at radius 2 is 1.57 bits per heavy atom. The summed E-state index contributed by atoms with van der Waals surface area (Å²) < 4.78 is 13.6. The molecule has 2 N–H and O–H groups in total. The largest absolute Gasteiger partial charge is 0.376 e. The summed E-state index contributed by atoms with van der Waals surface area (Å²) in [5.74, 6) is -0.684. The number of likely N-dealkylation sites (N-methyl/N-ethyl adjacent to an activating group) is 1. The van der Waals surface area contributed by atoms with Crippen molar-refractivity contribution in [2.75, 3.05) is 23.3 Å². The maximum Gasteiger partial charge on any atom is 0.251 e. The number of amides is 2. The SMILES string of the molecule is CCN(C(=O)CNc1ccc(C(=O)NCc2ccccc2F)cc1)c1ccccc1. The molecule has 3 aromatic carbocycles. The first kappa shape index (κ1) is 21.0. The van der Waals surface area contributed by atoms with Crippen molar-refractivity contribution in [3.05, 3.63) is 95.8 Å². The van der Waals surface area contributed by atoms with Crippen LogP contribution in [0.25, 0.3) is 0 Å². The summed E-state index contributed by atoms with van der Waals surface area (Å²) in [5.41, 5.74) is 2.48. The van der Waals surface area contributed by atoms with E-state index >= 15 is 0 Å². The maximum atomic E-state index is 13.6. The van der Waals surface area contributed by atoms with Crippen LogP contribution in [0.3, 0.4) is 0 Å². The number of nitrogens with zero attached hydrogens (tertiary/aromatic N) is 1. The monoisotopic (exact) mass is 405 g/mol. The molecule has 0 saturated carbocycles. The fourth-order valence-electron chi connectivity index (χ4n) is 3.04. The van der Waals surface area contributed by atoms with E-state index in [1.54, 1.807) is 47.4 Å². The third kappa shape index (κ3) is 5.44. The highest BCUT2D eigenvalue weighted by atomic mass is 19.1. The van der Waals surface area contributed by atoms with Gasteiger partial charge in [0, 0.05) is 35.6 Å². The smallest absolute Gasteiger partial charge is 0.251 e. The minimum absolute atomic E-state index is 0.0459. The van der Waals surface area contributed by atoms with Gasteiger partial charge in [-0.1, -0.05) is 36.4 Å². The van der Waals surface area contributed by atoms with Crippen LogP contribution in [0, 0.1) is 5.82 Å². The van der Waals surface area contributed by atoms with Gasteiger partial charge in [0.25, 0.3) is 5.91 Å². The average molecular weight is 405 g/mol.